The van der Waals surface area contributed by atoms with E-state index in [1.54, 1.807) is 19.9 Å². The third-order valence-corrected chi connectivity index (χ3v) is 7.10. The normalized spacial score (nSPS) is 13.6. The molecule has 1 aromatic carbocycles. The van der Waals surface area contributed by atoms with Crippen LogP contribution in [0.5, 0.6) is 5.75 Å². The molecule has 7 nitrogen and oxygen atoms in total. The Morgan fingerprint density at radius 3 is 2.50 bits per heavy atom. The molecule has 2 aromatic rings. The Morgan fingerprint density at radius 2 is 1.89 bits per heavy atom. The second kappa shape index (κ2) is 14.2. The molecule has 0 bridgehead atoms. The number of ether oxygens (including phenoxy) is 2. The van der Waals surface area contributed by atoms with Gasteiger partial charge in [0.05, 0.1) is 46.8 Å². The van der Waals surface area contributed by atoms with Crippen LogP contribution in [-0.2, 0) is 33.5 Å². The zero-order valence-corrected chi connectivity index (χ0v) is 24.1. The summed E-state index contributed by atoms with van der Waals surface area (Å²) in [4.78, 5) is 16.2. The molecule has 1 aromatic heterocycles. The fourth-order valence-corrected chi connectivity index (χ4v) is 4.15. The summed E-state index contributed by atoms with van der Waals surface area (Å²) in [5.74, 6) is -0.0320. The Labute approximate surface area is 227 Å². The fourth-order valence-electron chi connectivity index (χ4n) is 3.45. The van der Waals surface area contributed by atoms with Gasteiger partial charge in [-0.1, -0.05) is 26.0 Å². The molecule has 208 valence electrons. The molecule has 0 amide bonds. The molecule has 38 heavy (non-hydrogen) atoms. The van der Waals surface area contributed by atoms with E-state index in [4.69, 9.17) is 9.47 Å². The second-order valence-electron chi connectivity index (χ2n) is 9.69. The SMILES string of the molecule is CCOC(=O)Cc1ccc(C)cc1O/C(=C/C(=C(/O)CC)c1ccnc(CNS(=O)C(C)(C)C)c1F)CC. The summed E-state index contributed by atoms with van der Waals surface area (Å²) in [6, 6.07) is 7.02. The molecule has 1 heterocycles. The number of rotatable bonds is 12. The molecule has 1 atom stereocenters. The van der Waals surface area contributed by atoms with Crippen molar-refractivity contribution in [3.8, 4) is 5.75 Å². The lowest BCUT2D eigenvalue weighted by atomic mass is 10.0. The molecule has 0 radical (unpaired) electrons. The number of nitrogens with one attached hydrogen (secondary N) is 1. The molecule has 0 aliphatic heterocycles. The van der Waals surface area contributed by atoms with E-state index in [1.165, 1.54) is 12.3 Å². The van der Waals surface area contributed by atoms with Gasteiger partial charge in [0.25, 0.3) is 0 Å². The number of hydrogen-bond acceptors (Lipinski definition) is 6. The minimum Gasteiger partial charge on any atom is -0.512 e. The number of aromatic nitrogens is 1. The van der Waals surface area contributed by atoms with E-state index in [1.807, 2.05) is 52.8 Å². The largest absolute Gasteiger partial charge is 0.512 e. The molecular weight excluding hydrogens is 507 g/mol. The van der Waals surface area contributed by atoms with E-state index < -0.39 is 21.5 Å². The zero-order chi connectivity index (χ0) is 28.5. The number of aliphatic hydroxyl groups is 1. The molecule has 2 rings (SSSR count). The third-order valence-electron chi connectivity index (χ3n) is 5.58. The second-order valence-corrected chi connectivity index (χ2v) is 11.7. The van der Waals surface area contributed by atoms with Crippen molar-refractivity contribution in [1.82, 2.24) is 9.71 Å². The Kier molecular flexibility index (Phi) is 11.7. The van der Waals surface area contributed by atoms with E-state index in [2.05, 4.69) is 9.71 Å². The number of aryl methyl sites for hydroxylation is 1. The summed E-state index contributed by atoms with van der Waals surface area (Å²) in [5.41, 5.74) is 2.11. The van der Waals surface area contributed by atoms with Crippen molar-refractivity contribution in [3.05, 3.63) is 76.3 Å². The van der Waals surface area contributed by atoms with Gasteiger partial charge in [-0.3, -0.25) is 9.78 Å². The number of nitrogens with zero attached hydrogens (tertiary/aromatic N) is 1. The fraction of sp³-hybridized carbons (Fsp3) is 0.448. The van der Waals surface area contributed by atoms with Crippen LogP contribution in [0.15, 0.2) is 48.1 Å². The summed E-state index contributed by atoms with van der Waals surface area (Å²) in [7, 11) is -1.40. The van der Waals surface area contributed by atoms with Gasteiger partial charge in [-0.25, -0.2) is 13.3 Å². The highest BCUT2D eigenvalue weighted by molar-refractivity contribution is 7.84. The van der Waals surface area contributed by atoms with E-state index in [0.29, 0.717) is 23.5 Å². The summed E-state index contributed by atoms with van der Waals surface area (Å²) in [6.45, 7) is 13.0. The minimum atomic E-state index is -1.40. The van der Waals surface area contributed by atoms with Crippen LogP contribution >= 0.6 is 0 Å². The molecule has 0 fully saturated rings. The van der Waals surface area contributed by atoms with Gasteiger partial charge in [-0.15, -0.1) is 0 Å². The van der Waals surface area contributed by atoms with Crippen molar-refractivity contribution in [3.63, 3.8) is 0 Å². The first-order valence-electron chi connectivity index (χ1n) is 12.8. The lowest BCUT2D eigenvalue weighted by molar-refractivity contribution is -0.142. The maximum absolute atomic E-state index is 15.6. The summed E-state index contributed by atoms with van der Waals surface area (Å²) < 4.78 is 41.6. The van der Waals surface area contributed by atoms with Crippen molar-refractivity contribution in [2.45, 2.75) is 79.0 Å². The van der Waals surface area contributed by atoms with Crippen molar-refractivity contribution in [1.29, 1.82) is 0 Å². The van der Waals surface area contributed by atoms with Gasteiger partial charge in [-0.05, 0) is 58.4 Å². The molecule has 0 spiro atoms. The number of benzene rings is 1. The highest BCUT2D eigenvalue weighted by Crippen LogP contribution is 2.29. The first-order valence-corrected chi connectivity index (χ1v) is 13.9. The van der Waals surface area contributed by atoms with Gasteiger partial charge in [-0.2, -0.15) is 0 Å². The summed E-state index contributed by atoms with van der Waals surface area (Å²) in [6.07, 6.45) is 3.83. The monoisotopic (exact) mass is 546 g/mol. The van der Waals surface area contributed by atoms with Crippen molar-refractivity contribution < 1.29 is 28.0 Å². The van der Waals surface area contributed by atoms with Crippen LogP contribution in [0.4, 0.5) is 4.39 Å². The van der Waals surface area contributed by atoms with Gasteiger partial charge in [0.2, 0.25) is 0 Å². The van der Waals surface area contributed by atoms with Crippen LogP contribution in [0.25, 0.3) is 5.57 Å². The van der Waals surface area contributed by atoms with Crippen LogP contribution in [0.2, 0.25) is 0 Å². The van der Waals surface area contributed by atoms with E-state index >= 15 is 4.39 Å². The summed E-state index contributed by atoms with van der Waals surface area (Å²) in [5, 5.41) is 10.8. The van der Waals surface area contributed by atoms with Crippen LogP contribution in [0.3, 0.4) is 0 Å². The minimum absolute atomic E-state index is 0.0159. The van der Waals surface area contributed by atoms with Crippen molar-refractivity contribution >= 4 is 22.5 Å². The number of esters is 1. The standard InChI is InChI=1S/C29H39FN2O5S/c1-8-21(37-26-15-19(4)11-12-20(26)16-27(34)36-10-3)17-23(25(33)9-2)22-13-14-31-24(28(22)30)18-32-38(35)29(5,6)7/h11-15,17,32-33H,8-10,16,18H2,1-7H3/b21-17+,25-23-. The van der Waals surface area contributed by atoms with Crippen molar-refractivity contribution in [2.75, 3.05) is 6.61 Å². The number of carbonyl (C=O) groups excluding carboxylic acids is 1. The highest BCUT2D eigenvalue weighted by Gasteiger charge is 2.21. The smallest absolute Gasteiger partial charge is 0.310 e. The molecule has 0 saturated heterocycles. The average molecular weight is 547 g/mol. The predicted octanol–water partition coefficient (Wildman–Crippen LogP) is 6.24. The maximum atomic E-state index is 15.6. The first kappa shape index (κ1) is 31.2. The average Bonchev–Trinajstić information content (AvgIpc) is 2.86. The van der Waals surface area contributed by atoms with Crippen LogP contribution in [0.1, 0.15) is 76.8 Å². The Morgan fingerprint density at radius 1 is 1.18 bits per heavy atom. The zero-order valence-electron chi connectivity index (χ0n) is 23.3. The number of hydrogen-bond donors (Lipinski definition) is 2. The summed E-state index contributed by atoms with van der Waals surface area (Å²) >= 11 is 0. The van der Waals surface area contributed by atoms with Gasteiger partial charge in [0, 0.05) is 35.7 Å². The molecule has 9 heteroatoms. The Balaban J connectivity index is 2.46. The number of aliphatic hydroxyl groups excluding tert-OH is 1. The van der Waals surface area contributed by atoms with E-state index in [0.717, 1.165) is 5.56 Å². The van der Waals surface area contributed by atoms with Gasteiger partial charge >= 0.3 is 5.97 Å². The quantitative estimate of drug-likeness (QED) is 0.186. The molecule has 0 aliphatic rings. The van der Waals surface area contributed by atoms with Gasteiger partial charge in [0.15, 0.2) is 5.82 Å². The predicted molar refractivity (Wildman–Crippen MR) is 149 cm³/mol. The van der Waals surface area contributed by atoms with Gasteiger partial charge < -0.3 is 14.6 Å². The number of carbonyl (C=O) groups is 1. The van der Waals surface area contributed by atoms with Crippen LogP contribution in [-0.4, -0.2) is 31.6 Å². The Hall–Kier alpha value is -3.04. The molecule has 1 unspecified atom stereocenters. The first-order chi connectivity index (χ1) is 17.9. The lowest BCUT2D eigenvalue weighted by Gasteiger charge is -2.18. The molecule has 0 saturated carbocycles. The number of halogens is 1. The van der Waals surface area contributed by atoms with E-state index in [9.17, 15) is 14.1 Å². The maximum Gasteiger partial charge on any atom is 0.310 e. The Bertz CT molecular complexity index is 1220. The van der Waals surface area contributed by atoms with Crippen molar-refractivity contribution in [2.24, 2.45) is 0 Å². The third kappa shape index (κ3) is 8.77. The number of pyridine rings is 1. The number of allylic oxidation sites excluding steroid dienone is 4. The molecular formula is C29H39FN2O5S. The topological polar surface area (TPSA) is 97.8 Å². The lowest BCUT2D eigenvalue weighted by Crippen LogP contribution is -2.33. The van der Waals surface area contributed by atoms with Crippen LogP contribution in [0, 0.1) is 12.7 Å². The van der Waals surface area contributed by atoms with E-state index in [-0.39, 0.29) is 54.6 Å². The van der Waals surface area contributed by atoms with Crippen LogP contribution < -0.4 is 9.46 Å². The molecule has 0 aliphatic carbocycles. The molecule has 2 N–H and O–H groups in total. The van der Waals surface area contributed by atoms with Gasteiger partial charge in [0.1, 0.15) is 11.5 Å². The highest BCUT2D eigenvalue weighted by atomic mass is 32.2.